The molecule has 2 nitrogen and oxygen atoms in total. The standard InChI is InChI=1S/C16H12ClNO/c1-12(18-19)15-4-2-3-14(11-15)6-5-13-7-9-16(17)10-8-13/h2-4,7-11,19H,1H3. The van der Waals surface area contributed by atoms with E-state index in [1.54, 1.807) is 6.92 Å². The van der Waals surface area contributed by atoms with Gasteiger partial charge in [-0.05, 0) is 43.3 Å². The molecule has 3 heteroatoms. The zero-order chi connectivity index (χ0) is 13.7. The number of oxime groups is 1. The summed E-state index contributed by atoms with van der Waals surface area (Å²) in [6.07, 6.45) is 0. The maximum Gasteiger partial charge on any atom is 0.0837 e. The number of hydrogen-bond acceptors (Lipinski definition) is 2. The number of nitrogens with zero attached hydrogens (tertiary/aromatic N) is 1. The molecule has 1 N–H and O–H groups in total. The first-order valence-electron chi connectivity index (χ1n) is 5.76. The van der Waals surface area contributed by atoms with E-state index in [1.807, 2.05) is 48.5 Å². The molecule has 2 rings (SSSR count). The van der Waals surface area contributed by atoms with E-state index >= 15 is 0 Å². The molecule has 0 aliphatic heterocycles. The second-order valence-corrected chi connectivity index (χ2v) is 4.46. The molecule has 0 bridgehead atoms. The van der Waals surface area contributed by atoms with Crippen LogP contribution in [0, 0.1) is 11.8 Å². The van der Waals surface area contributed by atoms with Crippen molar-refractivity contribution in [2.24, 2.45) is 5.16 Å². The van der Waals surface area contributed by atoms with Crippen LogP contribution in [0.15, 0.2) is 53.7 Å². The van der Waals surface area contributed by atoms with Crippen molar-refractivity contribution in [1.82, 2.24) is 0 Å². The van der Waals surface area contributed by atoms with Crippen LogP contribution in [0.1, 0.15) is 23.6 Å². The third-order valence-electron chi connectivity index (χ3n) is 2.63. The first kappa shape index (κ1) is 13.2. The molecular formula is C16H12ClNO. The van der Waals surface area contributed by atoms with Crippen molar-refractivity contribution >= 4 is 17.3 Å². The van der Waals surface area contributed by atoms with Crippen molar-refractivity contribution in [1.29, 1.82) is 0 Å². The highest BCUT2D eigenvalue weighted by Gasteiger charge is 1.97. The van der Waals surface area contributed by atoms with Crippen LogP contribution in [0.25, 0.3) is 0 Å². The molecular weight excluding hydrogens is 258 g/mol. The second-order valence-electron chi connectivity index (χ2n) is 4.02. The SMILES string of the molecule is CC(=NO)c1cccc(C#Cc2ccc(Cl)cc2)c1. The number of rotatable bonds is 1. The van der Waals surface area contributed by atoms with E-state index < -0.39 is 0 Å². The molecule has 0 heterocycles. The van der Waals surface area contributed by atoms with Crippen LogP contribution in [0.5, 0.6) is 0 Å². The Morgan fingerprint density at radius 2 is 1.74 bits per heavy atom. The molecule has 0 saturated carbocycles. The third-order valence-corrected chi connectivity index (χ3v) is 2.88. The van der Waals surface area contributed by atoms with Gasteiger partial charge in [0.2, 0.25) is 0 Å². The molecule has 0 fully saturated rings. The highest BCUT2D eigenvalue weighted by Crippen LogP contribution is 2.09. The van der Waals surface area contributed by atoms with Gasteiger partial charge < -0.3 is 5.21 Å². The lowest BCUT2D eigenvalue weighted by molar-refractivity contribution is 0.319. The summed E-state index contributed by atoms with van der Waals surface area (Å²) in [4.78, 5) is 0. The summed E-state index contributed by atoms with van der Waals surface area (Å²) >= 11 is 5.82. The van der Waals surface area contributed by atoms with Gasteiger partial charge in [-0.25, -0.2) is 0 Å². The Morgan fingerprint density at radius 1 is 1.05 bits per heavy atom. The van der Waals surface area contributed by atoms with Crippen molar-refractivity contribution in [3.63, 3.8) is 0 Å². The average Bonchev–Trinajstić information content (AvgIpc) is 2.46. The van der Waals surface area contributed by atoms with Gasteiger partial charge in [0.25, 0.3) is 0 Å². The van der Waals surface area contributed by atoms with Crippen LogP contribution < -0.4 is 0 Å². The summed E-state index contributed by atoms with van der Waals surface area (Å²) in [7, 11) is 0. The zero-order valence-electron chi connectivity index (χ0n) is 10.4. The Labute approximate surface area is 117 Å². The summed E-state index contributed by atoms with van der Waals surface area (Å²) in [5, 5.41) is 12.6. The molecule has 0 saturated heterocycles. The van der Waals surface area contributed by atoms with Crippen molar-refractivity contribution in [2.45, 2.75) is 6.92 Å². The van der Waals surface area contributed by atoms with Crippen molar-refractivity contribution in [2.75, 3.05) is 0 Å². The zero-order valence-corrected chi connectivity index (χ0v) is 11.1. The molecule has 0 aliphatic carbocycles. The minimum atomic E-state index is 0.565. The normalized spacial score (nSPS) is 10.7. The topological polar surface area (TPSA) is 32.6 Å². The minimum Gasteiger partial charge on any atom is -0.411 e. The fourth-order valence-corrected chi connectivity index (χ4v) is 1.68. The van der Waals surface area contributed by atoms with Gasteiger partial charge in [0.15, 0.2) is 0 Å². The predicted octanol–water partition coefficient (Wildman–Crippen LogP) is 3.94. The van der Waals surface area contributed by atoms with Crippen LogP contribution in [0.4, 0.5) is 0 Å². The number of halogens is 1. The molecule has 0 atom stereocenters. The monoisotopic (exact) mass is 269 g/mol. The Balaban J connectivity index is 2.27. The molecule has 0 unspecified atom stereocenters. The lowest BCUT2D eigenvalue weighted by Crippen LogP contribution is -1.94. The third kappa shape index (κ3) is 3.61. The van der Waals surface area contributed by atoms with Gasteiger partial charge in [-0.1, -0.05) is 40.7 Å². The fraction of sp³-hybridized carbons (Fsp3) is 0.0625. The Kier molecular flexibility index (Phi) is 4.22. The van der Waals surface area contributed by atoms with E-state index in [0.29, 0.717) is 10.7 Å². The molecule has 2 aromatic carbocycles. The van der Waals surface area contributed by atoms with Gasteiger partial charge in [-0.3, -0.25) is 0 Å². The van der Waals surface area contributed by atoms with Crippen molar-refractivity contribution < 1.29 is 5.21 Å². The van der Waals surface area contributed by atoms with E-state index in [-0.39, 0.29) is 0 Å². The maximum atomic E-state index is 8.75. The quantitative estimate of drug-likeness (QED) is 0.362. The van der Waals surface area contributed by atoms with E-state index in [9.17, 15) is 0 Å². The van der Waals surface area contributed by atoms with Crippen LogP contribution in [0.2, 0.25) is 5.02 Å². The van der Waals surface area contributed by atoms with Gasteiger partial charge >= 0.3 is 0 Å². The minimum absolute atomic E-state index is 0.565. The molecule has 2 aromatic rings. The van der Waals surface area contributed by atoms with Gasteiger partial charge in [-0.2, -0.15) is 0 Å². The van der Waals surface area contributed by atoms with Gasteiger partial charge in [-0.15, -0.1) is 0 Å². The summed E-state index contributed by atoms with van der Waals surface area (Å²) in [5.41, 5.74) is 3.19. The van der Waals surface area contributed by atoms with Gasteiger partial charge in [0, 0.05) is 21.7 Å². The molecule has 0 aromatic heterocycles. The Hall–Kier alpha value is -2.24. The molecule has 0 spiro atoms. The predicted molar refractivity (Wildman–Crippen MR) is 77.9 cm³/mol. The second kappa shape index (κ2) is 6.08. The number of hydrogen-bond donors (Lipinski definition) is 1. The van der Waals surface area contributed by atoms with Crippen LogP contribution >= 0.6 is 11.6 Å². The largest absolute Gasteiger partial charge is 0.411 e. The average molecular weight is 270 g/mol. The molecule has 94 valence electrons. The smallest absolute Gasteiger partial charge is 0.0837 e. The lowest BCUT2D eigenvalue weighted by atomic mass is 10.1. The highest BCUT2D eigenvalue weighted by molar-refractivity contribution is 6.30. The fourth-order valence-electron chi connectivity index (χ4n) is 1.56. The maximum absolute atomic E-state index is 8.75. The van der Waals surface area contributed by atoms with Crippen molar-refractivity contribution in [3.05, 3.63) is 70.2 Å². The molecule has 0 amide bonds. The number of benzene rings is 2. The summed E-state index contributed by atoms with van der Waals surface area (Å²) in [6.45, 7) is 1.74. The lowest BCUT2D eigenvalue weighted by Gasteiger charge is -1.98. The van der Waals surface area contributed by atoms with Gasteiger partial charge in [0.05, 0.1) is 5.71 Å². The highest BCUT2D eigenvalue weighted by atomic mass is 35.5. The Bertz CT molecular complexity index is 663. The summed E-state index contributed by atoms with van der Waals surface area (Å²) in [6, 6.07) is 14.9. The van der Waals surface area contributed by atoms with Gasteiger partial charge in [0.1, 0.15) is 0 Å². The molecule has 19 heavy (non-hydrogen) atoms. The van der Waals surface area contributed by atoms with Crippen LogP contribution in [0.3, 0.4) is 0 Å². The van der Waals surface area contributed by atoms with Crippen molar-refractivity contribution in [3.8, 4) is 11.8 Å². The molecule has 0 aliphatic rings. The van der Waals surface area contributed by atoms with E-state index in [0.717, 1.165) is 16.7 Å². The summed E-state index contributed by atoms with van der Waals surface area (Å²) in [5.74, 6) is 6.13. The van der Waals surface area contributed by atoms with E-state index in [2.05, 4.69) is 17.0 Å². The Morgan fingerprint density at radius 3 is 2.42 bits per heavy atom. The van der Waals surface area contributed by atoms with E-state index in [1.165, 1.54) is 0 Å². The first-order valence-corrected chi connectivity index (χ1v) is 6.13. The van der Waals surface area contributed by atoms with Crippen LogP contribution in [-0.2, 0) is 0 Å². The summed E-state index contributed by atoms with van der Waals surface area (Å²) < 4.78 is 0. The van der Waals surface area contributed by atoms with E-state index in [4.69, 9.17) is 16.8 Å². The van der Waals surface area contributed by atoms with Crippen LogP contribution in [-0.4, -0.2) is 10.9 Å². The first-order chi connectivity index (χ1) is 9.19. The molecule has 0 radical (unpaired) electrons.